The molecule has 182 valence electrons. The van der Waals surface area contributed by atoms with Crippen molar-refractivity contribution < 1.29 is 14.4 Å². The van der Waals surface area contributed by atoms with Gasteiger partial charge in [0.2, 0.25) is 5.91 Å². The minimum atomic E-state index is -0.952. The molecule has 7 nitrogen and oxygen atoms in total. The topological polar surface area (TPSA) is 73.0 Å². The molecule has 0 unspecified atom stereocenters. The molecule has 1 aromatic rings. The van der Waals surface area contributed by atoms with Gasteiger partial charge in [-0.25, -0.2) is 4.79 Å². The number of urea groups is 1. The Morgan fingerprint density at radius 3 is 2.48 bits per heavy atom. The van der Waals surface area contributed by atoms with Gasteiger partial charge in [0.15, 0.2) is 0 Å². The normalized spacial score (nSPS) is 22.7. The largest absolute Gasteiger partial charge is 0.342 e. The van der Waals surface area contributed by atoms with Crippen LogP contribution in [0.1, 0.15) is 50.7 Å². The fourth-order valence-electron chi connectivity index (χ4n) is 5.12. The van der Waals surface area contributed by atoms with E-state index in [4.69, 9.17) is 0 Å². The van der Waals surface area contributed by atoms with Crippen molar-refractivity contribution in [2.45, 2.75) is 58.4 Å². The van der Waals surface area contributed by atoms with Gasteiger partial charge in [-0.05, 0) is 70.3 Å². The summed E-state index contributed by atoms with van der Waals surface area (Å²) in [6.45, 7) is 8.55. The number of carbonyl (C=O) groups is 3. The highest BCUT2D eigenvalue weighted by molar-refractivity contribution is 6.07. The minimum Gasteiger partial charge on any atom is -0.342 e. The van der Waals surface area contributed by atoms with E-state index in [1.165, 1.54) is 4.90 Å². The van der Waals surface area contributed by atoms with Crippen molar-refractivity contribution in [1.82, 2.24) is 20.0 Å². The van der Waals surface area contributed by atoms with Gasteiger partial charge < -0.3 is 15.1 Å². The number of rotatable bonds is 9. The zero-order valence-electron chi connectivity index (χ0n) is 20.9. The molecule has 2 fully saturated rings. The number of carbonyl (C=O) groups excluding carboxylic acids is 3. The Kier molecular flexibility index (Phi) is 8.16. The van der Waals surface area contributed by atoms with Crippen molar-refractivity contribution in [1.29, 1.82) is 0 Å². The highest BCUT2D eigenvalue weighted by Gasteiger charge is 2.56. The minimum absolute atomic E-state index is 0.00612. The highest BCUT2D eigenvalue weighted by atomic mass is 16.2. The van der Waals surface area contributed by atoms with Crippen LogP contribution in [0.4, 0.5) is 4.79 Å². The summed E-state index contributed by atoms with van der Waals surface area (Å²) in [5.74, 6) is 0.0908. The van der Waals surface area contributed by atoms with Crippen LogP contribution >= 0.6 is 0 Å². The van der Waals surface area contributed by atoms with E-state index >= 15 is 0 Å². The van der Waals surface area contributed by atoms with Gasteiger partial charge in [0.25, 0.3) is 5.91 Å². The first-order valence-corrected chi connectivity index (χ1v) is 12.3. The molecular weight excluding hydrogens is 416 g/mol. The molecule has 1 N–H and O–H groups in total. The first-order chi connectivity index (χ1) is 15.7. The summed E-state index contributed by atoms with van der Waals surface area (Å²) >= 11 is 0. The summed E-state index contributed by atoms with van der Waals surface area (Å²) in [6, 6.07) is 7.79. The highest BCUT2D eigenvalue weighted by Crippen LogP contribution is 2.37. The van der Waals surface area contributed by atoms with E-state index < -0.39 is 5.54 Å². The summed E-state index contributed by atoms with van der Waals surface area (Å²) in [6.07, 6.45) is 3.48. The average Bonchev–Trinajstić information content (AvgIpc) is 3.04. The Bertz CT molecular complexity index is 863. The number of benzene rings is 1. The maximum atomic E-state index is 13.8. The van der Waals surface area contributed by atoms with E-state index in [0.29, 0.717) is 38.9 Å². The second-order valence-corrected chi connectivity index (χ2v) is 10.0. The van der Waals surface area contributed by atoms with Crippen LogP contribution in [-0.2, 0) is 16.0 Å². The molecule has 2 heterocycles. The molecule has 3 rings (SSSR count). The van der Waals surface area contributed by atoms with Crippen molar-refractivity contribution in [3.05, 3.63) is 35.4 Å². The number of hydrogen-bond acceptors (Lipinski definition) is 4. The van der Waals surface area contributed by atoms with E-state index in [2.05, 4.69) is 10.2 Å². The number of aryl methyl sites for hydroxylation is 1. The predicted octanol–water partition coefficient (Wildman–Crippen LogP) is 3.06. The number of hydrogen-bond donors (Lipinski definition) is 1. The van der Waals surface area contributed by atoms with Crippen LogP contribution in [0.3, 0.4) is 0 Å². The van der Waals surface area contributed by atoms with E-state index in [1.54, 1.807) is 0 Å². The third kappa shape index (κ3) is 5.40. The van der Waals surface area contributed by atoms with Crippen LogP contribution < -0.4 is 5.32 Å². The van der Waals surface area contributed by atoms with Gasteiger partial charge in [-0.3, -0.25) is 14.5 Å². The Morgan fingerprint density at radius 2 is 1.88 bits per heavy atom. The molecule has 0 aliphatic carbocycles. The Balaban J connectivity index is 1.83. The van der Waals surface area contributed by atoms with E-state index in [9.17, 15) is 14.4 Å². The van der Waals surface area contributed by atoms with Gasteiger partial charge in [-0.1, -0.05) is 38.1 Å². The molecule has 0 radical (unpaired) electrons. The zero-order valence-corrected chi connectivity index (χ0v) is 20.9. The maximum Gasteiger partial charge on any atom is 0.325 e. The van der Waals surface area contributed by atoms with Gasteiger partial charge in [-0.15, -0.1) is 0 Å². The van der Waals surface area contributed by atoms with Crippen molar-refractivity contribution in [2.24, 2.45) is 11.8 Å². The lowest BCUT2D eigenvalue weighted by Gasteiger charge is -2.41. The SMILES string of the molecule is CC[C@@H](C)C(=O)N1CCC([C@@]2(Cc3ccccc3C)NC(=O)N(CCCN(C)C)C2=O)CC1. The summed E-state index contributed by atoms with van der Waals surface area (Å²) in [7, 11) is 3.98. The van der Waals surface area contributed by atoms with E-state index in [0.717, 1.165) is 30.5 Å². The molecule has 0 spiro atoms. The number of likely N-dealkylation sites (tertiary alicyclic amines) is 1. The summed E-state index contributed by atoms with van der Waals surface area (Å²) < 4.78 is 0. The van der Waals surface area contributed by atoms with Crippen molar-refractivity contribution in [3.8, 4) is 0 Å². The van der Waals surface area contributed by atoms with Crippen molar-refractivity contribution in [2.75, 3.05) is 40.3 Å². The molecule has 2 aliphatic heterocycles. The number of piperidine rings is 1. The lowest BCUT2D eigenvalue weighted by atomic mass is 9.73. The smallest absolute Gasteiger partial charge is 0.325 e. The van der Waals surface area contributed by atoms with Crippen LogP contribution in [0.25, 0.3) is 0 Å². The van der Waals surface area contributed by atoms with Crippen LogP contribution in [0.15, 0.2) is 24.3 Å². The van der Waals surface area contributed by atoms with E-state index in [1.807, 2.05) is 64.0 Å². The molecule has 4 amide bonds. The standard InChI is InChI=1S/C26H40N4O3/c1-6-19(2)23(31)29-16-12-22(13-17-29)26(18-21-11-8-7-10-20(21)3)24(32)30(25(33)27-26)15-9-14-28(4)5/h7-8,10-11,19,22H,6,9,12-18H2,1-5H3,(H,27,33)/t19-,26-/m1/s1. The number of nitrogens with zero attached hydrogens (tertiary/aromatic N) is 3. The molecule has 2 atom stereocenters. The van der Waals surface area contributed by atoms with Gasteiger partial charge in [0.1, 0.15) is 5.54 Å². The van der Waals surface area contributed by atoms with Gasteiger partial charge >= 0.3 is 6.03 Å². The number of nitrogens with one attached hydrogen (secondary N) is 1. The monoisotopic (exact) mass is 456 g/mol. The molecule has 7 heteroatoms. The Morgan fingerprint density at radius 1 is 1.21 bits per heavy atom. The Labute approximate surface area is 198 Å². The average molecular weight is 457 g/mol. The molecule has 1 aromatic carbocycles. The third-order valence-corrected chi connectivity index (χ3v) is 7.46. The first-order valence-electron chi connectivity index (χ1n) is 12.3. The van der Waals surface area contributed by atoms with Gasteiger partial charge in [0.05, 0.1) is 0 Å². The van der Waals surface area contributed by atoms with Crippen LogP contribution in [0.2, 0.25) is 0 Å². The van der Waals surface area contributed by atoms with E-state index in [-0.39, 0.29) is 29.7 Å². The molecule has 0 bridgehead atoms. The third-order valence-electron chi connectivity index (χ3n) is 7.46. The number of imide groups is 1. The van der Waals surface area contributed by atoms with Crippen LogP contribution in [0, 0.1) is 18.8 Å². The van der Waals surface area contributed by atoms with Crippen molar-refractivity contribution in [3.63, 3.8) is 0 Å². The molecule has 33 heavy (non-hydrogen) atoms. The van der Waals surface area contributed by atoms with Gasteiger partial charge in [-0.2, -0.15) is 0 Å². The van der Waals surface area contributed by atoms with Crippen LogP contribution in [-0.4, -0.2) is 78.4 Å². The first kappa shape index (κ1) is 25.2. The molecule has 0 saturated carbocycles. The van der Waals surface area contributed by atoms with Crippen LogP contribution in [0.5, 0.6) is 0 Å². The molecular formula is C26H40N4O3. The predicted molar refractivity (Wildman–Crippen MR) is 130 cm³/mol. The fourth-order valence-corrected chi connectivity index (χ4v) is 5.12. The van der Waals surface area contributed by atoms with Gasteiger partial charge in [0, 0.05) is 32.0 Å². The molecule has 0 aromatic heterocycles. The van der Waals surface area contributed by atoms with Crippen molar-refractivity contribution >= 4 is 17.8 Å². The number of amides is 4. The summed E-state index contributed by atoms with van der Waals surface area (Å²) in [4.78, 5) is 45.0. The second-order valence-electron chi connectivity index (χ2n) is 10.0. The molecule has 2 aliphatic rings. The molecule has 2 saturated heterocycles. The fraction of sp³-hybridized carbons (Fsp3) is 0.654. The summed E-state index contributed by atoms with van der Waals surface area (Å²) in [5.41, 5.74) is 1.25. The zero-order chi connectivity index (χ0) is 24.2. The maximum absolute atomic E-state index is 13.8. The Hall–Kier alpha value is -2.41. The second kappa shape index (κ2) is 10.7. The lowest BCUT2D eigenvalue weighted by molar-refractivity contribution is -0.138. The quantitative estimate of drug-likeness (QED) is 0.580. The lowest BCUT2D eigenvalue weighted by Crippen LogP contribution is -2.58. The summed E-state index contributed by atoms with van der Waals surface area (Å²) in [5, 5.41) is 3.15.